The van der Waals surface area contributed by atoms with Crippen molar-refractivity contribution in [3.05, 3.63) is 47.5 Å². The van der Waals surface area contributed by atoms with Crippen molar-refractivity contribution >= 4 is 23.6 Å². The van der Waals surface area contributed by atoms with Gasteiger partial charge in [0.1, 0.15) is 23.0 Å². The second-order valence-electron chi connectivity index (χ2n) is 7.05. The maximum Gasteiger partial charge on any atom is 0.335 e. The van der Waals surface area contributed by atoms with Crippen LogP contribution in [0.25, 0.3) is 6.08 Å². The summed E-state index contributed by atoms with van der Waals surface area (Å²) < 4.78 is 21.2. The molecule has 9 nitrogen and oxygen atoms in total. The van der Waals surface area contributed by atoms with E-state index in [0.717, 1.165) is 0 Å². The second-order valence-corrected chi connectivity index (χ2v) is 7.05. The molecule has 172 valence electrons. The van der Waals surface area contributed by atoms with Crippen LogP contribution in [-0.2, 0) is 16.0 Å². The van der Waals surface area contributed by atoms with E-state index in [-0.39, 0.29) is 6.42 Å². The molecule has 0 bridgehead atoms. The van der Waals surface area contributed by atoms with Crippen molar-refractivity contribution in [3.8, 4) is 23.0 Å². The molecule has 0 aliphatic heterocycles. The number of hydrogen-bond acceptors (Lipinski definition) is 7. The van der Waals surface area contributed by atoms with Gasteiger partial charge in [0.05, 0.1) is 34.0 Å². The van der Waals surface area contributed by atoms with Crippen LogP contribution >= 0.6 is 0 Å². The van der Waals surface area contributed by atoms with Crippen LogP contribution in [0.15, 0.2) is 36.4 Å². The van der Waals surface area contributed by atoms with Gasteiger partial charge in [-0.15, -0.1) is 0 Å². The van der Waals surface area contributed by atoms with E-state index in [1.807, 2.05) is 0 Å². The van der Waals surface area contributed by atoms with Gasteiger partial charge in [-0.1, -0.05) is 0 Å². The highest BCUT2D eigenvalue weighted by Gasteiger charge is 2.31. The van der Waals surface area contributed by atoms with Gasteiger partial charge in [0.15, 0.2) is 5.60 Å². The lowest BCUT2D eigenvalue weighted by Gasteiger charge is -2.20. The number of benzene rings is 2. The molecule has 0 aliphatic carbocycles. The molecule has 0 aliphatic rings. The zero-order valence-electron chi connectivity index (χ0n) is 18.6. The molecule has 1 unspecified atom stereocenters. The number of anilines is 1. The van der Waals surface area contributed by atoms with E-state index in [1.165, 1.54) is 41.4 Å². The lowest BCUT2D eigenvalue weighted by molar-refractivity contribution is -0.156. The quantitative estimate of drug-likeness (QED) is 0.477. The summed E-state index contributed by atoms with van der Waals surface area (Å²) in [4.78, 5) is 23.7. The first-order valence-corrected chi connectivity index (χ1v) is 9.57. The van der Waals surface area contributed by atoms with Crippen molar-refractivity contribution < 1.29 is 38.7 Å². The summed E-state index contributed by atoms with van der Waals surface area (Å²) in [5.41, 5.74) is -0.596. The monoisotopic (exact) mass is 445 g/mol. The predicted molar refractivity (Wildman–Crippen MR) is 119 cm³/mol. The molecule has 1 atom stereocenters. The second kappa shape index (κ2) is 10.5. The van der Waals surface area contributed by atoms with Crippen LogP contribution in [0.2, 0.25) is 0 Å². The fourth-order valence-electron chi connectivity index (χ4n) is 2.98. The molecule has 2 aromatic rings. The van der Waals surface area contributed by atoms with Crippen LogP contribution in [0.4, 0.5) is 5.69 Å². The summed E-state index contributed by atoms with van der Waals surface area (Å²) in [5.74, 6) is 0.0715. The van der Waals surface area contributed by atoms with Crippen LogP contribution in [0, 0.1) is 0 Å². The minimum Gasteiger partial charge on any atom is -0.496 e. The Bertz CT molecular complexity index is 988. The third-order valence-corrected chi connectivity index (χ3v) is 4.70. The fourth-order valence-corrected chi connectivity index (χ4v) is 2.98. The molecule has 0 saturated heterocycles. The van der Waals surface area contributed by atoms with Gasteiger partial charge in [0.2, 0.25) is 5.91 Å². The Morgan fingerprint density at radius 1 is 0.969 bits per heavy atom. The molecule has 2 rings (SSSR count). The summed E-state index contributed by atoms with van der Waals surface area (Å²) in [6.07, 6.45) is 2.65. The van der Waals surface area contributed by atoms with Gasteiger partial charge in [-0.3, -0.25) is 4.79 Å². The number of amides is 1. The maximum absolute atomic E-state index is 12.5. The smallest absolute Gasteiger partial charge is 0.335 e. The number of carbonyl (C=O) groups excluding carboxylic acids is 1. The number of aliphatic carboxylic acids is 1. The molecule has 0 radical (unpaired) electrons. The van der Waals surface area contributed by atoms with Crippen LogP contribution in [0.5, 0.6) is 23.0 Å². The molecule has 0 saturated carbocycles. The van der Waals surface area contributed by atoms with Crippen molar-refractivity contribution in [1.82, 2.24) is 0 Å². The molecule has 2 aromatic carbocycles. The summed E-state index contributed by atoms with van der Waals surface area (Å²) >= 11 is 0. The molecule has 0 heterocycles. The number of hydrogen-bond donors (Lipinski definition) is 3. The highest BCUT2D eigenvalue weighted by atomic mass is 16.5. The van der Waals surface area contributed by atoms with Crippen molar-refractivity contribution in [1.29, 1.82) is 0 Å². The highest BCUT2D eigenvalue weighted by Crippen LogP contribution is 2.35. The van der Waals surface area contributed by atoms with Crippen molar-refractivity contribution in [2.75, 3.05) is 33.8 Å². The summed E-state index contributed by atoms with van der Waals surface area (Å²) in [6.45, 7) is 1.19. The van der Waals surface area contributed by atoms with Crippen LogP contribution in [-0.4, -0.2) is 56.1 Å². The Morgan fingerprint density at radius 3 is 2.06 bits per heavy atom. The molecular formula is C23H27NO8. The number of ether oxygens (including phenoxy) is 4. The Balaban J connectivity index is 2.26. The van der Waals surface area contributed by atoms with Gasteiger partial charge in [-0.05, 0) is 36.8 Å². The number of methoxy groups -OCH3 is 4. The van der Waals surface area contributed by atoms with E-state index in [1.54, 1.807) is 36.4 Å². The molecule has 0 aromatic heterocycles. The number of carboxylic acids is 1. The number of carbonyl (C=O) groups is 2. The average Bonchev–Trinajstić information content (AvgIpc) is 2.76. The molecule has 1 amide bonds. The van der Waals surface area contributed by atoms with E-state index in [0.29, 0.717) is 39.8 Å². The first-order valence-electron chi connectivity index (χ1n) is 9.57. The Hall–Kier alpha value is -3.72. The Kier molecular flexibility index (Phi) is 8.09. The predicted octanol–water partition coefficient (Wildman–Crippen LogP) is 2.75. The SMILES string of the molecule is COc1cc(OC)c(C=CC(=O)Nc2ccc(OC)c(CC(C)(O)C(=O)O)c2)c(OC)c1. The van der Waals surface area contributed by atoms with E-state index >= 15 is 0 Å². The third kappa shape index (κ3) is 5.92. The first-order chi connectivity index (χ1) is 15.1. The molecule has 0 spiro atoms. The standard InChI is InChI=1S/C23H27NO8/c1-23(28,22(26)27)13-14-10-15(6-8-18(14)30-3)24-21(25)9-7-17-19(31-4)11-16(29-2)12-20(17)32-5/h6-12,28H,13H2,1-5H3,(H,24,25)(H,26,27). The van der Waals surface area contributed by atoms with Crippen LogP contribution in [0.3, 0.4) is 0 Å². The highest BCUT2D eigenvalue weighted by molar-refractivity contribution is 6.02. The Morgan fingerprint density at radius 2 is 1.56 bits per heavy atom. The van der Waals surface area contributed by atoms with Crippen LogP contribution in [0.1, 0.15) is 18.1 Å². The number of carboxylic acid groups (broad SMARTS) is 1. The lowest BCUT2D eigenvalue weighted by atomic mass is 9.95. The topological polar surface area (TPSA) is 124 Å². The zero-order chi connectivity index (χ0) is 23.9. The van der Waals surface area contributed by atoms with E-state index in [2.05, 4.69) is 5.32 Å². The van der Waals surface area contributed by atoms with Crippen molar-refractivity contribution in [2.45, 2.75) is 18.9 Å². The number of rotatable bonds is 10. The number of nitrogens with one attached hydrogen (secondary N) is 1. The lowest BCUT2D eigenvalue weighted by Crippen LogP contribution is -2.37. The molecular weight excluding hydrogens is 418 g/mol. The summed E-state index contributed by atoms with van der Waals surface area (Å²) in [6, 6.07) is 8.09. The van der Waals surface area contributed by atoms with Gasteiger partial charge in [-0.25, -0.2) is 4.79 Å². The maximum atomic E-state index is 12.5. The third-order valence-electron chi connectivity index (χ3n) is 4.70. The van der Waals surface area contributed by atoms with E-state index < -0.39 is 17.5 Å². The largest absolute Gasteiger partial charge is 0.496 e. The minimum absolute atomic E-state index is 0.203. The van der Waals surface area contributed by atoms with E-state index in [4.69, 9.17) is 18.9 Å². The molecule has 32 heavy (non-hydrogen) atoms. The van der Waals surface area contributed by atoms with Gasteiger partial charge in [0.25, 0.3) is 0 Å². The van der Waals surface area contributed by atoms with Crippen molar-refractivity contribution in [3.63, 3.8) is 0 Å². The summed E-state index contributed by atoms with van der Waals surface area (Å²) in [7, 11) is 5.95. The molecule has 0 fully saturated rings. The number of aliphatic hydroxyl groups is 1. The minimum atomic E-state index is -1.99. The normalized spacial score (nSPS) is 12.7. The van der Waals surface area contributed by atoms with Gasteiger partial charge < -0.3 is 34.5 Å². The first kappa shape index (κ1) is 24.5. The molecule has 3 N–H and O–H groups in total. The fraction of sp³-hybridized carbons (Fsp3) is 0.304. The zero-order valence-corrected chi connectivity index (χ0v) is 18.6. The van der Waals surface area contributed by atoms with Gasteiger partial charge >= 0.3 is 5.97 Å². The Labute approximate surface area is 186 Å². The molecule has 9 heteroatoms. The summed E-state index contributed by atoms with van der Waals surface area (Å²) in [5, 5.41) is 22.0. The van der Waals surface area contributed by atoms with E-state index in [9.17, 15) is 19.8 Å². The van der Waals surface area contributed by atoms with Gasteiger partial charge in [0, 0.05) is 30.3 Å². The van der Waals surface area contributed by atoms with Crippen molar-refractivity contribution in [2.24, 2.45) is 0 Å². The van der Waals surface area contributed by atoms with Crippen LogP contribution < -0.4 is 24.3 Å². The van der Waals surface area contributed by atoms with Gasteiger partial charge in [-0.2, -0.15) is 0 Å². The average molecular weight is 445 g/mol.